The number of fused-ring (bicyclic) bond motifs is 1. The van der Waals surface area contributed by atoms with Crippen molar-refractivity contribution in [2.45, 2.75) is 25.5 Å². The molecule has 128 valence electrons. The Bertz CT molecular complexity index is 527. The Hall–Kier alpha value is -1.14. The zero-order chi connectivity index (χ0) is 16.3. The van der Waals surface area contributed by atoms with Gasteiger partial charge in [0.1, 0.15) is 0 Å². The minimum Gasteiger partial charge on any atom is -0.388 e. The van der Waals surface area contributed by atoms with Gasteiger partial charge in [-0.15, -0.1) is 0 Å². The van der Waals surface area contributed by atoms with E-state index < -0.39 is 5.60 Å². The molecule has 1 aromatic rings. The topological polar surface area (TPSA) is 48.0 Å². The molecule has 2 aliphatic heterocycles. The minimum absolute atomic E-state index is 0.599. The van der Waals surface area contributed by atoms with E-state index in [1.165, 1.54) is 16.8 Å². The first-order valence-corrected chi connectivity index (χ1v) is 8.60. The molecule has 2 heterocycles. The summed E-state index contributed by atoms with van der Waals surface area (Å²) in [4.78, 5) is 4.58. The van der Waals surface area contributed by atoms with Crippen LogP contribution in [0.5, 0.6) is 0 Å². The molecule has 0 spiro atoms. The van der Waals surface area contributed by atoms with Crippen LogP contribution >= 0.6 is 0 Å². The van der Waals surface area contributed by atoms with Crippen LogP contribution in [0.2, 0.25) is 0 Å². The predicted octanol–water partition coefficient (Wildman–Crippen LogP) is 0.852. The van der Waals surface area contributed by atoms with Gasteiger partial charge in [-0.05, 0) is 30.5 Å². The molecule has 1 fully saturated rings. The fourth-order valence-electron chi connectivity index (χ4n) is 3.50. The third-order valence-corrected chi connectivity index (χ3v) is 4.77. The van der Waals surface area contributed by atoms with Crippen molar-refractivity contribution in [3.63, 3.8) is 0 Å². The molecule has 1 aromatic carbocycles. The lowest BCUT2D eigenvalue weighted by Crippen LogP contribution is -2.50. The molecule has 2 aliphatic rings. The first-order valence-electron chi connectivity index (χ1n) is 8.60. The van der Waals surface area contributed by atoms with Crippen molar-refractivity contribution in [2.75, 3.05) is 57.9 Å². The number of morpholine rings is 1. The zero-order valence-corrected chi connectivity index (χ0v) is 14.3. The summed E-state index contributed by atoms with van der Waals surface area (Å²) < 4.78 is 5.35. The van der Waals surface area contributed by atoms with E-state index in [1.54, 1.807) is 0 Å². The molecule has 3 rings (SSSR count). The number of aliphatic hydroxyl groups is 1. The van der Waals surface area contributed by atoms with Gasteiger partial charge in [0, 0.05) is 52.0 Å². The van der Waals surface area contributed by atoms with E-state index in [9.17, 15) is 5.11 Å². The molecule has 0 aliphatic carbocycles. The predicted molar refractivity (Wildman–Crippen MR) is 93.0 cm³/mol. The van der Waals surface area contributed by atoms with Crippen LogP contribution in [0.3, 0.4) is 0 Å². The standard InChI is InChI=1S/C18H29N3O2/c1-18(22,14-21-7-9-23-10-8-21)13-19-12-15-3-4-17-16(11-15)5-6-20(17)2/h3-4,11,19,22H,5-10,12-14H2,1-2H3. The number of anilines is 1. The van der Waals surface area contributed by atoms with E-state index in [2.05, 4.69) is 40.4 Å². The summed E-state index contributed by atoms with van der Waals surface area (Å²) in [6, 6.07) is 6.69. The van der Waals surface area contributed by atoms with E-state index in [-0.39, 0.29) is 0 Å². The highest BCUT2D eigenvalue weighted by molar-refractivity contribution is 5.58. The lowest BCUT2D eigenvalue weighted by molar-refractivity contribution is -0.0219. The lowest BCUT2D eigenvalue weighted by Gasteiger charge is -2.34. The van der Waals surface area contributed by atoms with Crippen LogP contribution in [0.25, 0.3) is 0 Å². The molecule has 2 N–H and O–H groups in total. The van der Waals surface area contributed by atoms with Gasteiger partial charge in [0.05, 0.1) is 18.8 Å². The van der Waals surface area contributed by atoms with Gasteiger partial charge in [0.15, 0.2) is 0 Å². The van der Waals surface area contributed by atoms with Crippen LogP contribution in [0, 0.1) is 0 Å². The lowest BCUT2D eigenvalue weighted by atomic mass is 10.1. The van der Waals surface area contributed by atoms with Crippen molar-refractivity contribution in [1.29, 1.82) is 0 Å². The maximum absolute atomic E-state index is 10.6. The van der Waals surface area contributed by atoms with Crippen molar-refractivity contribution >= 4 is 5.69 Å². The summed E-state index contributed by atoms with van der Waals surface area (Å²) in [6.07, 6.45) is 1.13. The highest BCUT2D eigenvalue weighted by Gasteiger charge is 2.25. The average Bonchev–Trinajstić information content (AvgIpc) is 2.88. The number of likely N-dealkylation sites (N-methyl/N-ethyl adjacent to an activating group) is 1. The highest BCUT2D eigenvalue weighted by atomic mass is 16.5. The van der Waals surface area contributed by atoms with E-state index in [1.807, 2.05) is 6.92 Å². The molecule has 23 heavy (non-hydrogen) atoms. The number of nitrogens with zero attached hydrogens (tertiary/aromatic N) is 2. The minimum atomic E-state index is -0.714. The molecule has 0 bridgehead atoms. The average molecular weight is 319 g/mol. The van der Waals surface area contributed by atoms with Crippen molar-refractivity contribution in [2.24, 2.45) is 0 Å². The Morgan fingerprint density at radius 3 is 2.83 bits per heavy atom. The molecular weight excluding hydrogens is 290 g/mol. The first-order chi connectivity index (χ1) is 11.0. The van der Waals surface area contributed by atoms with E-state index in [4.69, 9.17) is 4.74 Å². The Kier molecular flexibility index (Phi) is 5.21. The van der Waals surface area contributed by atoms with Crippen LogP contribution in [-0.4, -0.2) is 68.6 Å². The molecule has 0 saturated carbocycles. The maximum atomic E-state index is 10.6. The van der Waals surface area contributed by atoms with E-state index in [0.29, 0.717) is 13.1 Å². The molecule has 0 radical (unpaired) electrons. The molecule has 5 nitrogen and oxygen atoms in total. The number of hydrogen-bond donors (Lipinski definition) is 2. The third-order valence-electron chi connectivity index (χ3n) is 4.77. The number of rotatable bonds is 6. The largest absolute Gasteiger partial charge is 0.388 e. The van der Waals surface area contributed by atoms with Crippen LogP contribution in [-0.2, 0) is 17.7 Å². The van der Waals surface area contributed by atoms with Crippen molar-refractivity contribution in [3.8, 4) is 0 Å². The smallest absolute Gasteiger partial charge is 0.0869 e. The second-order valence-electron chi connectivity index (χ2n) is 7.12. The summed E-state index contributed by atoms with van der Waals surface area (Å²) in [5.41, 5.74) is 3.37. The Balaban J connectivity index is 1.46. The molecule has 1 saturated heterocycles. The highest BCUT2D eigenvalue weighted by Crippen LogP contribution is 2.27. The molecular formula is C18H29N3O2. The van der Waals surface area contributed by atoms with Gasteiger partial charge in [-0.3, -0.25) is 4.90 Å². The first kappa shape index (κ1) is 16.7. The number of hydrogen-bond acceptors (Lipinski definition) is 5. The molecule has 5 heteroatoms. The van der Waals surface area contributed by atoms with Crippen LogP contribution in [0.15, 0.2) is 18.2 Å². The van der Waals surface area contributed by atoms with Crippen LogP contribution < -0.4 is 10.2 Å². The number of nitrogens with one attached hydrogen (secondary N) is 1. The van der Waals surface area contributed by atoms with Gasteiger partial charge in [-0.2, -0.15) is 0 Å². The quantitative estimate of drug-likeness (QED) is 0.814. The summed E-state index contributed by atoms with van der Waals surface area (Å²) in [6.45, 7) is 8.48. The van der Waals surface area contributed by atoms with Gasteiger partial charge < -0.3 is 20.1 Å². The maximum Gasteiger partial charge on any atom is 0.0869 e. The molecule has 0 amide bonds. The fraction of sp³-hybridized carbons (Fsp3) is 0.667. The van der Waals surface area contributed by atoms with Crippen LogP contribution in [0.4, 0.5) is 5.69 Å². The third kappa shape index (κ3) is 4.44. The Morgan fingerprint density at radius 2 is 2.04 bits per heavy atom. The van der Waals surface area contributed by atoms with Gasteiger partial charge >= 0.3 is 0 Å². The summed E-state index contributed by atoms with van der Waals surface area (Å²) in [5.74, 6) is 0. The monoisotopic (exact) mass is 319 g/mol. The van der Waals surface area contributed by atoms with Crippen molar-refractivity contribution < 1.29 is 9.84 Å². The van der Waals surface area contributed by atoms with Gasteiger partial charge in [0.2, 0.25) is 0 Å². The van der Waals surface area contributed by atoms with Crippen molar-refractivity contribution in [1.82, 2.24) is 10.2 Å². The SMILES string of the molecule is CN1CCc2cc(CNCC(C)(O)CN3CCOCC3)ccc21. The summed E-state index contributed by atoms with van der Waals surface area (Å²) in [7, 11) is 2.15. The number of benzene rings is 1. The van der Waals surface area contributed by atoms with Gasteiger partial charge in [-0.1, -0.05) is 12.1 Å². The molecule has 0 aromatic heterocycles. The fourth-order valence-corrected chi connectivity index (χ4v) is 3.50. The van der Waals surface area contributed by atoms with E-state index in [0.717, 1.165) is 45.8 Å². The molecule has 1 atom stereocenters. The summed E-state index contributed by atoms with van der Waals surface area (Å²) in [5, 5.41) is 14.0. The van der Waals surface area contributed by atoms with Gasteiger partial charge in [-0.25, -0.2) is 0 Å². The van der Waals surface area contributed by atoms with E-state index >= 15 is 0 Å². The number of ether oxygens (including phenoxy) is 1. The Morgan fingerprint density at radius 1 is 1.26 bits per heavy atom. The second kappa shape index (κ2) is 7.18. The van der Waals surface area contributed by atoms with Crippen molar-refractivity contribution in [3.05, 3.63) is 29.3 Å². The normalized spacial score (nSPS) is 21.3. The van der Waals surface area contributed by atoms with Crippen LogP contribution in [0.1, 0.15) is 18.1 Å². The second-order valence-corrected chi connectivity index (χ2v) is 7.12. The van der Waals surface area contributed by atoms with Gasteiger partial charge in [0.25, 0.3) is 0 Å². The molecule has 1 unspecified atom stereocenters. The zero-order valence-electron chi connectivity index (χ0n) is 14.3. The summed E-state index contributed by atoms with van der Waals surface area (Å²) >= 11 is 0. The number of β-amino-alcohol motifs (C(OH)–C–C–N with tert-alkyl or cyclic N) is 1. The Labute approximate surface area is 139 Å².